The molecule has 6 nitrogen and oxygen atoms in total. The number of hydrogen-bond donors (Lipinski definition) is 0. The number of hydrogen-bond acceptors (Lipinski definition) is 7. The Kier molecular flexibility index (Phi) is 5.25. The van der Waals surface area contributed by atoms with Gasteiger partial charge in [-0.25, -0.2) is 0 Å². The van der Waals surface area contributed by atoms with E-state index in [1.807, 2.05) is 76.7 Å². The van der Waals surface area contributed by atoms with E-state index < -0.39 is 6.10 Å². The minimum Gasteiger partial charge on any atom is -0.485 e. The van der Waals surface area contributed by atoms with Crippen molar-refractivity contribution in [1.82, 2.24) is 14.8 Å². The molecule has 0 N–H and O–H groups in total. The Morgan fingerprint density at radius 3 is 2.63 bits per heavy atom. The van der Waals surface area contributed by atoms with Crippen molar-refractivity contribution in [1.29, 1.82) is 0 Å². The molecule has 0 bridgehead atoms. The molecular formula is C22H17N3O3S2. The molecular weight excluding hydrogens is 418 g/mol. The molecule has 3 heterocycles. The summed E-state index contributed by atoms with van der Waals surface area (Å²) in [5, 5.41) is 11.3. The molecule has 0 fully saturated rings. The Morgan fingerprint density at radius 2 is 1.83 bits per heavy atom. The molecule has 0 amide bonds. The zero-order chi connectivity index (χ0) is 20.3. The van der Waals surface area contributed by atoms with Crippen LogP contribution in [0.1, 0.15) is 21.6 Å². The van der Waals surface area contributed by atoms with Crippen molar-refractivity contribution in [3.05, 3.63) is 82.8 Å². The monoisotopic (exact) mass is 435 g/mol. The van der Waals surface area contributed by atoms with Gasteiger partial charge in [0.2, 0.25) is 0 Å². The number of ether oxygens (including phenoxy) is 2. The fourth-order valence-electron chi connectivity index (χ4n) is 3.19. The van der Waals surface area contributed by atoms with Gasteiger partial charge in [-0.3, -0.25) is 9.36 Å². The van der Waals surface area contributed by atoms with Gasteiger partial charge in [0, 0.05) is 5.69 Å². The van der Waals surface area contributed by atoms with Crippen molar-refractivity contribution in [2.24, 2.45) is 0 Å². The van der Waals surface area contributed by atoms with Crippen LogP contribution in [0.25, 0.3) is 5.69 Å². The topological polar surface area (TPSA) is 66.2 Å². The second-order valence-corrected chi connectivity index (χ2v) is 8.46. The average molecular weight is 436 g/mol. The van der Waals surface area contributed by atoms with Crippen molar-refractivity contribution in [3.63, 3.8) is 0 Å². The lowest BCUT2D eigenvalue weighted by atomic mass is 10.2. The summed E-state index contributed by atoms with van der Waals surface area (Å²) in [6, 6.07) is 21.1. The van der Waals surface area contributed by atoms with E-state index in [0.29, 0.717) is 23.3 Å². The highest BCUT2D eigenvalue weighted by Crippen LogP contribution is 2.37. The molecule has 4 aromatic rings. The maximum atomic E-state index is 12.5. The van der Waals surface area contributed by atoms with Gasteiger partial charge in [-0.1, -0.05) is 48.2 Å². The van der Waals surface area contributed by atoms with E-state index in [1.165, 1.54) is 23.1 Å². The Hall–Kier alpha value is -3.10. The first-order valence-electron chi connectivity index (χ1n) is 9.38. The summed E-state index contributed by atoms with van der Waals surface area (Å²) in [5.74, 6) is 2.40. The van der Waals surface area contributed by atoms with Crippen LogP contribution < -0.4 is 9.47 Å². The van der Waals surface area contributed by atoms with Gasteiger partial charge in [0.05, 0.1) is 10.6 Å². The average Bonchev–Trinajstić information content (AvgIpc) is 3.48. The summed E-state index contributed by atoms with van der Waals surface area (Å²) in [7, 11) is 0. The van der Waals surface area contributed by atoms with Gasteiger partial charge in [-0.05, 0) is 35.7 Å². The van der Waals surface area contributed by atoms with Crippen LogP contribution in [0.2, 0.25) is 0 Å². The number of benzene rings is 2. The molecule has 1 aliphatic rings. The molecule has 5 rings (SSSR count). The summed E-state index contributed by atoms with van der Waals surface area (Å²) in [5.41, 5.74) is 0.908. The highest BCUT2D eigenvalue weighted by atomic mass is 32.2. The number of ketones is 1. The predicted octanol–water partition coefficient (Wildman–Crippen LogP) is 4.82. The van der Waals surface area contributed by atoms with Gasteiger partial charge in [0.15, 0.2) is 34.4 Å². The van der Waals surface area contributed by atoms with Gasteiger partial charge in [0.25, 0.3) is 0 Å². The van der Waals surface area contributed by atoms with Crippen LogP contribution in [0, 0.1) is 0 Å². The van der Waals surface area contributed by atoms with E-state index >= 15 is 0 Å². The van der Waals surface area contributed by atoms with Gasteiger partial charge < -0.3 is 9.47 Å². The van der Waals surface area contributed by atoms with Crippen LogP contribution in [0.5, 0.6) is 11.5 Å². The standard InChI is InChI=1S/C22H17N3O3S2/c26-16(20-11-6-12-29-20)14-30-22-24-23-21(25(22)15-7-2-1-3-8-15)19-13-27-17-9-4-5-10-18(17)28-19/h1-12,19H,13-14H2/t19-/m0/s1. The molecule has 8 heteroatoms. The molecule has 0 unspecified atom stereocenters. The number of rotatable bonds is 6. The number of thioether (sulfide) groups is 1. The van der Waals surface area contributed by atoms with E-state index in [2.05, 4.69) is 10.2 Å². The maximum absolute atomic E-state index is 12.5. The molecule has 1 aliphatic heterocycles. The third-order valence-corrected chi connectivity index (χ3v) is 6.44. The zero-order valence-electron chi connectivity index (χ0n) is 15.8. The molecule has 2 aromatic heterocycles. The number of aromatic nitrogens is 3. The number of fused-ring (bicyclic) bond motifs is 1. The number of carbonyl (C=O) groups excluding carboxylic acids is 1. The van der Waals surface area contributed by atoms with Gasteiger partial charge >= 0.3 is 0 Å². The van der Waals surface area contributed by atoms with Crippen LogP contribution in [0.4, 0.5) is 0 Å². The van der Waals surface area contributed by atoms with Gasteiger partial charge in [0.1, 0.15) is 6.61 Å². The summed E-state index contributed by atoms with van der Waals surface area (Å²) in [4.78, 5) is 13.2. The van der Waals surface area contributed by atoms with E-state index in [-0.39, 0.29) is 11.5 Å². The van der Waals surface area contributed by atoms with Crippen molar-refractivity contribution in [2.75, 3.05) is 12.4 Å². The highest BCUT2D eigenvalue weighted by Gasteiger charge is 2.29. The molecule has 2 aromatic carbocycles. The Balaban J connectivity index is 1.45. The van der Waals surface area contributed by atoms with E-state index in [4.69, 9.17) is 9.47 Å². The maximum Gasteiger partial charge on any atom is 0.196 e. The molecule has 0 aliphatic carbocycles. The molecule has 30 heavy (non-hydrogen) atoms. The normalized spacial score (nSPS) is 15.1. The zero-order valence-corrected chi connectivity index (χ0v) is 17.4. The van der Waals surface area contributed by atoms with Gasteiger partial charge in [-0.2, -0.15) is 0 Å². The lowest BCUT2D eigenvalue weighted by Crippen LogP contribution is -2.24. The van der Waals surface area contributed by atoms with Crippen LogP contribution in [0.3, 0.4) is 0 Å². The van der Waals surface area contributed by atoms with Gasteiger partial charge in [-0.15, -0.1) is 21.5 Å². The van der Waals surface area contributed by atoms with E-state index in [0.717, 1.165) is 16.3 Å². The first-order chi connectivity index (χ1) is 14.8. The van der Waals surface area contributed by atoms with Crippen LogP contribution >= 0.6 is 23.1 Å². The molecule has 1 atom stereocenters. The summed E-state index contributed by atoms with van der Waals surface area (Å²) >= 11 is 2.81. The van der Waals surface area contributed by atoms with Crippen molar-refractivity contribution in [2.45, 2.75) is 11.3 Å². The second-order valence-electron chi connectivity index (χ2n) is 6.57. The largest absolute Gasteiger partial charge is 0.485 e. The number of thiophene rings is 1. The van der Waals surface area contributed by atoms with Crippen molar-refractivity contribution >= 4 is 28.9 Å². The highest BCUT2D eigenvalue weighted by molar-refractivity contribution is 7.99. The fourth-order valence-corrected chi connectivity index (χ4v) is 4.79. The first-order valence-corrected chi connectivity index (χ1v) is 11.2. The third-order valence-electron chi connectivity index (χ3n) is 4.60. The number of nitrogens with zero attached hydrogens (tertiary/aromatic N) is 3. The quantitative estimate of drug-likeness (QED) is 0.320. The third kappa shape index (κ3) is 3.71. The molecule has 0 saturated carbocycles. The van der Waals surface area contributed by atoms with Crippen molar-refractivity contribution < 1.29 is 14.3 Å². The number of para-hydroxylation sites is 3. The molecule has 0 spiro atoms. The van der Waals surface area contributed by atoms with Crippen molar-refractivity contribution in [3.8, 4) is 17.2 Å². The lowest BCUT2D eigenvalue weighted by Gasteiger charge is -2.26. The summed E-state index contributed by atoms with van der Waals surface area (Å²) in [6.45, 7) is 0.334. The Bertz CT molecular complexity index is 1160. The van der Waals surface area contributed by atoms with E-state index in [9.17, 15) is 4.79 Å². The Labute approximate surface area is 181 Å². The van der Waals surface area contributed by atoms with Crippen LogP contribution in [-0.4, -0.2) is 32.9 Å². The lowest BCUT2D eigenvalue weighted by molar-refractivity contribution is 0.0835. The molecule has 0 saturated heterocycles. The smallest absolute Gasteiger partial charge is 0.196 e. The minimum atomic E-state index is -0.407. The summed E-state index contributed by atoms with van der Waals surface area (Å²) < 4.78 is 14.0. The second kappa shape index (κ2) is 8.33. The minimum absolute atomic E-state index is 0.0744. The SMILES string of the molecule is O=C(CSc1nnc([C@@H]2COc3ccccc3O2)n1-c1ccccc1)c1cccs1. The van der Waals surface area contributed by atoms with Crippen LogP contribution in [0.15, 0.2) is 77.3 Å². The molecule has 0 radical (unpaired) electrons. The fraction of sp³-hybridized carbons (Fsp3) is 0.136. The van der Waals surface area contributed by atoms with Crippen LogP contribution in [-0.2, 0) is 0 Å². The summed E-state index contributed by atoms with van der Waals surface area (Å²) in [6.07, 6.45) is -0.407. The number of carbonyl (C=O) groups is 1. The predicted molar refractivity (Wildman–Crippen MR) is 116 cm³/mol. The molecule has 150 valence electrons. The first kappa shape index (κ1) is 18.9. The number of Topliss-reactive ketones (excluding diaryl/α,β-unsaturated/α-hetero) is 1. The van der Waals surface area contributed by atoms with E-state index in [1.54, 1.807) is 0 Å². The Morgan fingerprint density at radius 1 is 1.03 bits per heavy atom.